The number of amides is 1. The average Bonchev–Trinajstić information content (AvgIpc) is 3.69. The molecule has 1 aliphatic heterocycles. The van der Waals surface area contributed by atoms with E-state index in [9.17, 15) is 4.79 Å². The van der Waals surface area contributed by atoms with Crippen molar-refractivity contribution >= 4 is 22.5 Å². The fourth-order valence-electron chi connectivity index (χ4n) is 4.54. The topological polar surface area (TPSA) is 57.7 Å². The maximum absolute atomic E-state index is 12.9. The lowest BCUT2D eigenvalue weighted by Gasteiger charge is -2.36. The Bertz CT molecular complexity index is 1160. The fraction of sp³-hybridized carbons (Fsp3) is 0.429. The highest BCUT2D eigenvalue weighted by atomic mass is 16.5. The van der Waals surface area contributed by atoms with Gasteiger partial charge in [-0.15, -0.1) is 0 Å². The quantitative estimate of drug-likeness (QED) is 0.546. The number of hydrogen-bond donors (Lipinski definition) is 1. The van der Waals surface area contributed by atoms with Gasteiger partial charge in [0.05, 0.1) is 12.1 Å². The molecule has 34 heavy (non-hydrogen) atoms. The van der Waals surface area contributed by atoms with E-state index in [1.165, 1.54) is 18.4 Å². The molecule has 1 unspecified atom stereocenters. The zero-order valence-electron chi connectivity index (χ0n) is 20.4. The van der Waals surface area contributed by atoms with Crippen LogP contribution in [0.5, 0.6) is 5.75 Å². The number of nitrogens with one attached hydrogen (secondary N) is 1. The molecule has 1 N–H and O–H groups in total. The molecule has 6 heteroatoms. The second kappa shape index (κ2) is 9.72. The van der Waals surface area contributed by atoms with Crippen LogP contribution in [0.3, 0.4) is 0 Å². The van der Waals surface area contributed by atoms with Gasteiger partial charge in [0.15, 0.2) is 0 Å². The first-order chi connectivity index (χ1) is 16.5. The van der Waals surface area contributed by atoms with Gasteiger partial charge in [-0.25, -0.2) is 0 Å². The number of aromatic nitrogens is 1. The van der Waals surface area contributed by atoms with E-state index in [2.05, 4.69) is 41.2 Å². The Labute approximate surface area is 201 Å². The minimum Gasteiger partial charge on any atom is -0.493 e. The molecule has 1 atom stereocenters. The molecule has 178 valence electrons. The summed E-state index contributed by atoms with van der Waals surface area (Å²) in [6.07, 6.45) is 4.51. The first-order valence-corrected chi connectivity index (χ1v) is 12.3. The molecule has 1 aromatic heterocycles. The summed E-state index contributed by atoms with van der Waals surface area (Å²) in [5.41, 5.74) is 4.55. The van der Waals surface area contributed by atoms with Crippen LogP contribution in [0.4, 0.5) is 5.69 Å². The van der Waals surface area contributed by atoms with Gasteiger partial charge in [-0.2, -0.15) is 0 Å². The number of fused-ring (bicyclic) bond motifs is 1. The van der Waals surface area contributed by atoms with Gasteiger partial charge in [0.1, 0.15) is 5.75 Å². The zero-order chi connectivity index (χ0) is 23.7. The van der Waals surface area contributed by atoms with E-state index in [1.54, 1.807) is 0 Å². The van der Waals surface area contributed by atoms with Crippen molar-refractivity contribution in [2.75, 3.05) is 45.2 Å². The van der Waals surface area contributed by atoms with Crippen molar-refractivity contribution in [3.63, 3.8) is 0 Å². The van der Waals surface area contributed by atoms with Gasteiger partial charge >= 0.3 is 0 Å². The Morgan fingerprint density at radius 2 is 1.85 bits per heavy atom. The van der Waals surface area contributed by atoms with E-state index in [4.69, 9.17) is 9.72 Å². The summed E-state index contributed by atoms with van der Waals surface area (Å²) in [5, 5.41) is 4.16. The lowest BCUT2D eigenvalue weighted by atomic mass is 10.0. The molecular weight excluding hydrogens is 424 g/mol. The number of anilines is 1. The molecule has 2 heterocycles. The molecule has 1 saturated carbocycles. The monoisotopic (exact) mass is 458 g/mol. The average molecular weight is 459 g/mol. The second-order valence-corrected chi connectivity index (χ2v) is 9.83. The lowest BCUT2D eigenvalue weighted by molar-refractivity contribution is 0.102. The van der Waals surface area contributed by atoms with Crippen molar-refractivity contribution in [3.05, 3.63) is 65.4 Å². The van der Waals surface area contributed by atoms with E-state index in [0.717, 1.165) is 60.7 Å². The van der Waals surface area contributed by atoms with Gasteiger partial charge in [-0.05, 0) is 87.2 Å². The van der Waals surface area contributed by atoms with Crippen LogP contribution in [-0.4, -0.2) is 60.5 Å². The summed E-state index contributed by atoms with van der Waals surface area (Å²) in [5.74, 6) is 1.39. The number of aryl methyl sites for hydroxylation is 1. The molecule has 2 fully saturated rings. The van der Waals surface area contributed by atoms with E-state index < -0.39 is 0 Å². The van der Waals surface area contributed by atoms with Crippen molar-refractivity contribution in [1.29, 1.82) is 0 Å². The molecule has 0 bridgehead atoms. The number of likely N-dealkylation sites (N-methyl/N-ethyl adjacent to an activating group) is 1. The Hall–Kier alpha value is -2.96. The third kappa shape index (κ3) is 5.08. The molecule has 2 aromatic carbocycles. The number of benzene rings is 2. The van der Waals surface area contributed by atoms with E-state index >= 15 is 0 Å². The van der Waals surface area contributed by atoms with Gasteiger partial charge in [0.2, 0.25) is 0 Å². The Balaban J connectivity index is 1.27. The van der Waals surface area contributed by atoms with Crippen LogP contribution in [0.1, 0.15) is 47.3 Å². The normalized spacial score (nSPS) is 18.1. The number of carbonyl (C=O) groups is 1. The number of carbonyl (C=O) groups excluding carboxylic acids is 1. The van der Waals surface area contributed by atoms with Crippen LogP contribution in [0, 0.1) is 12.8 Å². The molecule has 1 saturated heterocycles. The Kier molecular flexibility index (Phi) is 6.53. The predicted octanol–water partition coefficient (Wildman–Crippen LogP) is 4.89. The molecule has 1 amide bonds. The van der Waals surface area contributed by atoms with E-state index in [0.29, 0.717) is 17.5 Å². The number of hydrogen-bond acceptors (Lipinski definition) is 5. The third-order valence-electron chi connectivity index (χ3n) is 7.24. The highest BCUT2D eigenvalue weighted by Gasteiger charge is 2.22. The highest BCUT2D eigenvalue weighted by molar-refractivity contribution is 6.06. The van der Waals surface area contributed by atoms with Gasteiger partial charge < -0.3 is 15.0 Å². The number of piperazine rings is 1. The van der Waals surface area contributed by atoms with Crippen molar-refractivity contribution in [1.82, 2.24) is 14.8 Å². The minimum atomic E-state index is -0.128. The number of nitrogens with zero attached hydrogens (tertiary/aromatic N) is 3. The van der Waals surface area contributed by atoms with Crippen LogP contribution in [0.15, 0.2) is 48.7 Å². The van der Waals surface area contributed by atoms with Gasteiger partial charge in [0, 0.05) is 55.1 Å². The smallest absolute Gasteiger partial charge is 0.255 e. The largest absolute Gasteiger partial charge is 0.493 e. The Morgan fingerprint density at radius 1 is 1.12 bits per heavy atom. The van der Waals surface area contributed by atoms with Crippen LogP contribution < -0.4 is 10.1 Å². The molecular formula is C28H34N4O2. The Morgan fingerprint density at radius 3 is 2.56 bits per heavy atom. The predicted molar refractivity (Wildman–Crippen MR) is 137 cm³/mol. The van der Waals surface area contributed by atoms with E-state index in [-0.39, 0.29) is 5.91 Å². The zero-order valence-corrected chi connectivity index (χ0v) is 20.4. The molecule has 3 aromatic rings. The first-order valence-electron chi connectivity index (χ1n) is 12.3. The third-order valence-corrected chi connectivity index (χ3v) is 7.24. The van der Waals surface area contributed by atoms with Crippen molar-refractivity contribution in [2.24, 2.45) is 5.92 Å². The molecule has 2 aliphatic rings. The summed E-state index contributed by atoms with van der Waals surface area (Å²) in [6.45, 7) is 9.40. The summed E-state index contributed by atoms with van der Waals surface area (Å²) >= 11 is 0. The fourth-order valence-corrected chi connectivity index (χ4v) is 4.54. The van der Waals surface area contributed by atoms with Crippen molar-refractivity contribution in [3.8, 4) is 5.75 Å². The second-order valence-electron chi connectivity index (χ2n) is 9.83. The number of rotatable bonds is 7. The lowest BCUT2D eigenvalue weighted by Crippen LogP contribution is -2.45. The molecule has 0 spiro atoms. The van der Waals surface area contributed by atoms with Gasteiger partial charge in [-0.1, -0.05) is 6.07 Å². The standard InChI is InChI=1S/C28H34N4O2/c1-19-26(30-28(33)22-6-9-25(10-7-22)34-18-21-4-5-21)11-8-23-16-24(17-29-27(19)23)20(2)32-14-12-31(3)13-15-32/h6-11,16-17,20-21H,4-5,12-15,18H2,1-3H3,(H,30,33). The van der Waals surface area contributed by atoms with Crippen LogP contribution in [0.2, 0.25) is 0 Å². The van der Waals surface area contributed by atoms with Crippen LogP contribution >= 0.6 is 0 Å². The van der Waals surface area contributed by atoms with Gasteiger partial charge in [-0.3, -0.25) is 14.7 Å². The molecule has 0 radical (unpaired) electrons. The summed E-state index contributed by atoms with van der Waals surface area (Å²) < 4.78 is 5.77. The van der Waals surface area contributed by atoms with Crippen LogP contribution in [0.25, 0.3) is 10.9 Å². The maximum atomic E-state index is 12.9. The summed E-state index contributed by atoms with van der Waals surface area (Å²) in [7, 11) is 2.18. The summed E-state index contributed by atoms with van der Waals surface area (Å²) in [6, 6.07) is 14.0. The SMILES string of the molecule is Cc1c(NC(=O)c2ccc(OCC3CC3)cc2)ccc2cc(C(C)N3CCN(C)CC3)cnc12. The van der Waals surface area contributed by atoms with E-state index in [1.807, 2.05) is 43.5 Å². The number of ether oxygens (including phenoxy) is 1. The highest BCUT2D eigenvalue weighted by Crippen LogP contribution is 2.30. The van der Waals surface area contributed by atoms with Gasteiger partial charge in [0.25, 0.3) is 5.91 Å². The maximum Gasteiger partial charge on any atom is 0.255 e. The first kappa shape index (κ1) is 22.8. The minimum absolute atomic E-state index is 0.128. The van der Waals surface area contributed by atoms with Crippen LogP contribution in [-0.2, 0) is 0 Å². The van der Waals surface area contributed by atoms with Crippen molar-refractivity contribution < 1.29 is 9.53 Å². The molecule has 1 aliphatic carbocycles. The number of pyridine rings is 1. The summed E-state index contributed by atoms with van der Waals surface area (Å²) in [4.78, 5) is 22.5. The van der Waals surface area contributed by atoms with Crippen molar-refractivity contribution in [2.45, 2.75) is 32.7 Å². The molecule has 5 rings (SSSR count). The molecule has 6 nitrogen and oxygen atoms in total.